The van der Waals surface area contributed by atoms with Gasteiger partial charge in [-0.2, -0.15) is 0 Å². The van der Waals surface area contributed by atoms with E-state index in [1.165, 1.54) is 6.07 Å². The van der Waals surface area contributed by atoms with Crippen LogP contribution in [0.1, 0.15) is 10.4 Å². The first-order valence-electron chi connectivity index (χ1n) is 7.42. The van der Waals surface area contributed by atoms with Gasteiger partial charge < -0.3 is 15.6 Å². The zero-order valence-corrected chi connectivity index (χ0v) is 14.6. The van der Waals surface area contributed by atoms with Crippen molar-refractivity contribution in [3.05, 3.63) is 75.0 Å². The Labute approximate surface area is 151 Å². The van der Waals surface area contributed by atoms with Gasteiger partial charge in [-0.1, -0.05) is 15.9 Å². The van der Waals surface area contributed by atoms with Crippen LogP contribution in [0.25, 0.3) is 10.9 Å². The van der Waals surface area contributed by atoms with Crippen molar-refractivity contribution in [1.29, 1.82) is 0 Å². The largest absolute Gasteiger partial charge is 0.366 e. The lowest BCUT2D eigenvalue weighted by Gasteiger charge is -2.11. The van der Waals surface area contributed by atoms with Gasteiger partial charge in [0.15, 0.2) is 5.43 Å². The van der Waals surface area contributed by atoms with Crippen LogP contribution in [0.4, 0.5) is 5.69 Å². The van der Waals surface area contributed by atoms with E-state index in [0.29, 0.717) is 22.2 Å². The van der Waals surface area contributed by atoms with Crippen LogP contribution in [-0.2, 0) is 11.3 Å². The SMILES string of the molecule is NC(=O)c1ccc(NC(=O)Cn2ccc(=O)c3ccc(Br)cc32)cc1. The van der Waals surface area contributed by atoms with E-state index in [-0.39, 0.29) is 17.9 Å². The molecule has 0 radical (unpaired) electrons. The maximum absolute atomic E-state index is 12.3. The van der Waals surface area contributed by atoms with Crippen LogP contribution in [0.15, 0.2) is 64.0 Å². The minimum atomic E-state index is -0.525. The summed E-state index contributed by atoms with van der Waals surface area (Å²) in [6, 6.07) is 13.0. The molecule has 3 aromatic rings. The van der Waals surface area contributed by atoms with Crippen molar-refractivity contribution in [1.82, 2.24) is 4.57 Å². The number of hydrogen-bond donors (Lipinski definition) is 2. The van der Waals surface area contributed by atoms with Gasteiger partial charge in [0.2, 0.25) is 11.8 Å². The fourth-order valence-electron chi connectivity index (χ4n) is 2.49. The lowest BCUT2D eigenvalue weighted by atomic mass is 10.2. The van der Waals surface area contributed by atoms with Crippen LogP contribution in [0.5, 0.6) is 0 Å². The van der Waals surface area contributed by atoms with Gasteiger partial charge in [0.05, 0.1) is 5.52 Å². The predicted molar refractivity (Wildman–Crippen MR) is 99.5 cm³/mol. The number of nitrogens with one attached hydrogen (secondary N) is 1. The van der Waals surface area contributed by atoms with Crippen molar-refractivity contribution < 1.29 is 9.59 Å². The van der Waals surface area contributed by atoms with Crippen LogP contribution in [-0.4, -0.2) is 16.4 Å². The topological polar surface area (TPSA) is 94.2 Å². The van der Waals surface area contributed by atoms with Crippen LogP contribution in [0.3, 0.4) is 0 Å². The van der Waals surface area contributed by atoms with Crippen molar-refractivity contribution >= 4 is 44.3 Å². The van der Waals surface area contributed by atoms with E-state index in [2.05, 4.69) is 21.2 Å². The molecule has 0 aliphatic heterocycles. The van der Waals surface area contributed by atoms with Crippen LogP contribution >= 0.6 is 15.9 Å². The zero-order valence-electron chi connectivity index (χ0n) is 13.0. The van der Waals surface area contributed by atoms with Crippen LogP contribution in [0, 0.1) is 0 Å². The molecule has 1 aromatic heterocycles. The molecule has 7 heteroatoms. The second-order valence-electron chi connectivity index (χ2n) is 5.46. The summed E-state index contributed by atoms with van der Waals surface area (Å²) >= 11 is 3.38. The Morgan fingerprint density at radius 1 is 1.08 bits per heavy atom. The fourth-order valence-corrected chi connectivity index (χ4v) is 2.84. The highest BCUT2D eigenvalue weighted by Gasteiger charge is 2.08. The standard InChI is InChI=1S/C18H14BrN3O3/c19-12-3-6-14-15(9-12)22(8-7-16(14)23)10-17(24)21-13-4-1-11(2-5-13)18(20)25/h1-9H,10H2,(H2,20,25)(H,21,24). The maximum Gasteiger partial charge on any atom is 0.248 e. The number of amides is 2. The van der Waals surface area contributed by atoms with Crippen molar-refractivity contribution in [2.45, 2.75) is 6.54 Å². The number of primary amides is 1. The Morgan fingerprint density at radius 3 is 2.48 bits per heavy atom. The average Bonchev–Trinajstić information content (AvgIpc) is 2.58. The van der Waals surface area contributed by atoms with Gasteiger partial charge in [0, 0.05) is 33.4 Å². The molecule has 0 atom stereocenters. The Kier molecular flexibility index (Phi) is 4.67. The van der Waals surface area contributed by atoms with Gasteiger partial charge >= 0.3 is 0 Å². The van der Waals surface area contributed by atoms with E-state index in [1.807, 2.05) is 0 Å². The number of halogens is 1. The molecule has 25 heavy (non-hydrogen) atoms. The number of nitrogens with zero attached hydrogens (tertiary/aromatic N) is 1. The Balaban J connectivity index is 1.82. The van der Waals surface area contributed by atoms with Gasteiger partial charge in [-0.15, -0.1) is 0 Å². The molecular formula is C18H14BrN3O3. The molecule has 3 N–H and O–H groups in total. The van der Waals surface area contributed by atoms with E-state index >= 15 is 0 Å². The quantitative estimate of drug-likeness (QED) is 0.705. The number of hydrogen-bond acceptors (Lipinski definition) is 3. The summed E-state index contributed by atoms with van der Waals surface area (Å²) in [6.45, 7) is 0.0464. The summed E-state index contributed by atoms with van der Waals surface area (Å²) in [7, 11) is 0. The highest BCUT2D eigenvalue weighted by molar-refractivity contribution is 9.10. The van der Waals surface area contributed by atoms with Crippen molar-refractivity contribution in [3.63, 3.8) is 0 Å². The fraction of sp³-hybridized carbons (Fsp3) is 0.0556. The third kappa shape index (κ3) is 3.77. The summed E-state index contributed by atoms with van der Waals surface area (Å²) in [5, 5.41) is 3.29. The molecule has 0 aliphatic carbocycles. The molecule has 2 aromatic carbocycles. The third-order valence-corrected chi connectivity index (χ3v) is 4.20. The van der Waals surface area contributed by atoms with Crippen molar-refractivity contribution in [2.24, 2.45) is 5.73 Å². The van der Waals surface area contributed by atoms with E-state index in [4.69, 9.17) is 5.73 Å². The highest BCUT2D eigenvalue weighted by Crippen LogP contribution is 2.17. The summed E-state index contributed by atoms with van der Waals surface area (Å²) in [4.78, 5) is 35.3. The van der Waals surface area contributed by atoms with E-state index in [1.54, 1.807) is 53.2 Å². The first-order chi connectivity index (χ1) is 11.9. The first kappa shape index (κ1) is 16.9. The van der Waals surface area contributed by atoms with Crippen molar-refractivity contribution in [2.75, 3.05) is 5.32 Å². The summed E-state index contributed by atoms with van der Waals surface area (Å²) < 4.78 is 2.52. The molecule has 0 bridgehead atoms. The molecule has 0 saturated heterocycles. The van der Waals surface area contributed by atoms with E-state index < -0.39 is 5.91 Å². The lowest BCUT2D eigenvalue weighted by molar-refractivity contribution is -0.116. The normalized spacial score (nSPS) is 10.6. The number of nitrogens with two attached hydrogens (primary N) is 1. The number of pyridine rings is 1. The maximum atomic E-state index is 12.3. The monoisotopic (exact) mass is 399 g/mol. The average molecular weight is 400 g/mol. The molecule has 2 amide bonds. The van der Waals surface area contributed by atoms with Crippen molar-refractivity contribution in [3.8, 4) is 0 Å². The van der Waals surface area contributed by atoms with E-state index in [9.17, 15) is 14.4 Å². The first-order valence-corrected chi connectivity index (χ1v) is 8.22. The minimum Gasteiger partial charge on any atom is -0.366 e. The number of benzene rings is 2. The smallest absolute Gasteiger partial charge is 0.248 e. The molecule has 0 fully saturated rings. The van der Waals surface area contributed by atoms with Crippen LogP contribution in [0.2, 0.25) is 0 Å². The van der Waals surface area contributed by atoms with E-state index in [0.717, 1.165) is 4.47 Å². The van der Waals surface area contributed by atoms with Gasteiger partial charge in [0.25, 0.3) is 0 Å². The second kappa shape index (κ2) is 6.90. The van der Waals surface area contributed by atoms with Gasteiger partial charge in [-0.05, 0) is 42.5 Å². The summed E-state index contributed by atoms with van der Waals surface area (Å²) in [6.07, 6.45) is 1.59. The molecule has 1 heterocycles. The number of anilines is 1. The number of rotatable bonds is 4. The second-order valence-corrected chi connectivity index (χ2v) is 6.37. The van der Waals surface area contributed by atoms with Gasteiger partial charge in [-0.3, -0.25) is 14.4 Å². The highest BCUT2D eigenvalue weighted by atomic mass is 79.9. The molecule has 0 spiro atoms. The van der Waals surface area contributed by atoms with Gasteiger partial charge in [0.1, 0.15) is 6.54 Å². The van der Waals surface area contributed by atoms with Gasteiger partial charge in [-0.25, -0.2) is 0 Å². The number of carbonyl (C=O) groups excluding carboxylic acids is 2. The molecule has 0 aliphatic rings. The zero-order chi connectivity index (χ0) is 18.0. The Hall–Kier alpha value is -2.93. The Bertz CT molecular complexity index is 1030. The minimum absolute atomic E-state index is 0.0464. The third-order valence-electron chi connectivity index (χ3n) is 3.71. The summed E-state index contributed by atoms with van der Waals surface area (Å²) in [5.41, 5.74) is 6.68. The molecule has 0 unspecified atom stereocenters. The summed E-state index contributed by atoms with van der Waals surface area (Å²) in [5.74, 6) is -0.778. The molecular weight excluding hydrogens is 386 g/mol. The number of aromatic nitrogens is 1. The molecule has 3 rings (SSSR count). The molecule has 6 nitrogen and oxygen atoms in total. The number of fused-ring (bicyclic) bond motifs is 1. The Morgan fingerprint density at radius 2 is 1.80 bits per heavy atom. The molecule has 126 valence electrons. The lowest BCUT2D eigenvalue weighted by Crippen LogP contribution is -2.20. The molecule has 0 saturated carbocycles. The predicted octanol–water partition coefficient (Wildman–Crippen LogP) is 2.50. The van der Waals surface area contributed by atoms with Crippen LogP contribution < -0.4 is 16.5 Å². The number of carbonyl (C=O) groups is 2.